The van der Waals surface area contributed by atoms with Gasteiger partial charge < -0.3 is 9.64 Å². The van der Waals surface area contributed by atoms with Crippen LogP contribution in [0.4, 0.5) is 18.9 Å². The minimum absolute atomic E-state index is 0.00516. The molecule has 0 saturated carbocycles. The molecule has 3 nitrogen and oxygen atoms in total. The van der Waals surface area contributed by atoms with Crippen molar-refractivity contribution < 1.29 is 22.7 Å². The molecule has 0 aromatic heterocycles. The number of ether oxygens (including phenoxy) is 1. The number of ketones is 1. The second-order valence-corrected chi connectivity index (χ2v) is 7.00. The molecule has 1 heterocycles. The van der Waals surface area contributed by atoms with Gasteiger partial charge in [-0.05, 0) is 66.6 Å². The quantitative estimate of drug-likeness (QED) is 0.596. The SMILES string of the molecule is CCC1=CN(C)c2c(c(-c3ccc(OC(F)(F)F)cc3)cc(C)c2C(C)=O)C1. The van der Waals surface area contributed by atoms with E-state index < -0.39 is 6.36 Å². The van der Waals surface area contributed by atoms with Crippen LogP contribution >= 0.6 is 0 Å². The summed E-state index contributed by atoms with van der Waals surface area (Å²) in [6.45, 7) is 5.51. The van der Waals surface area contributed by atoms with Gasteiger partial charge in [-0.1, -0.05) is 25.1 Å². The molecule has 6 heteroatoms. The van der Waals surface area contributed by atoms with Gasteiger partial charge in [0, 0.05) is 18.8 Å². The van der Waals surface area contributed by atoms with Crippen molar-refractivity contribution in [1.82, 2.24) is 0 Å². The maximum Gasteiger partial charge on any atom is 0.573 e. The van der Waals surface area contributed by atoms with Crippen LogP contribution in [-0.2, 0) is 6.42 Å². The summed E-state index contributed by atoms with van der Waals surface area (Å²) >= 11 is 0. The molecular weight excluding hydrogens is 367 g/mol. The fourth-order valence-corrected chi connectivity index (χ4v) is 3.77. The van der Waals surface area contributed by atoms with Crippen molar-refractivity contribution in [1.29, 1.82) is 0 Å². The first-order chi connectivity index (χ1) is 13.1. The average molecular weight is 389 g/mol. The fourth-order valence-electron chi connectivity index (χ4n) is 3.77. The van der Waals surface area contributed by atoms with Gasteiger partial charge in [-0.25, -0.2) is 0 Å². The second-order valence-electron chi connectivity index (χ2n) is 7.00. The highest BCUT2D eigenvalue weighted by Crippen LogP contribution is 2.41. The number of alkyl halides is 3. The first kappa shape index (κ1) is 20.0. The van der Waals surface area contributed by atoms with E-state index >= 15 is 0 Å². The molecule has 1 aliphatic heterocycles. The average Bonchev–Trinajstić information content (AvgIpc) is 2.60. The zero-order valence-corrected chi connectivity index (χ0v) is 16.3. The van der Waals surface area contributed by atoms with Crippen LogP contribution in [0.1, 0.15) is 41.8 Å². The van der Waals surface area contributed by atoms with E-state index in [2.05, 4.69) is 17.9 Å². The minimum atomic E-state index is -4.72. The topological polar surface area (TPSA) is 29.5 Å². The number of hydrogen-bond acceptors (Lipinski definition) is 3. The predicted octanol–water partition coefficient (Wildman–Crippen LogP) is 6.05. The number of allylic oxidation sites excluding steroid dienone is 1. The molecule has 0 atom stereocenters. The Bertz CT molecular complexity index is 944. The highest BCUT2D eigenvalue weighted by molar-refractivity contribution is 6.04. The van der Waals surface area contributed by atoms with Crippen molar-refractivity contribution in [2.75, 3.05) is 11.9 Å². The van der Waals surface area contributed by atoms with Crippen LogP contribution < -0.4 is 9.64 Å². The maximum absolute atomic E-state index is 12.4. The molecule has 0 N–H and O–H groups in total. The van der Waals surface area contributed by atoms with Gasteiger partial charge in [0.1, 0.15) is 5.75 Å². The van der Waals surface area contributed by atoms with E-state index in [1.807, 2.05) is 24.9 Å². The van der Waals surface area contributed by atoms with Gasteiger partial charge in [0.25, 0.3) is 0 Å². The van der Waals surface area contributed by atoms with Crippen molar-refractivity contribution in [2.45, 2.75) is 40.0 Å². The third-order valence-electron chi connectivity index (χ3n) is 4.94. The molecule has 0 aliphatic carbocycles. The number of hydrogen-bond donors (Lipinski definition) is 0. The molecule has 2 aromatic rings. The number of halogens is 3. The molecule has 28 heavy (non-hydrogen) atoms. The zero-order chi connectivity index (χ0) is 20.6. The Morgan fingerprint density at radius 3 is 2.39 bits per heavy atom. The standard InChI is InChI=1S/C22H22F3NO2/c1-5-15-11-19-18(16-6-8-17(9-7-16)28-22(23,24)25)10-13(2)20(14(3)27)21(19)26(4)12-15/h6-10,12H,5,11H2,1-4H3. The number of rotatable bonds is 4. The lowest BCUT2D eigenvalue weighted by molar-refractivity contribution is -0.274. The van der Waals surface area contributed by atoms with Gasteiger partial charge in [-0.2, -0.15) is 0 Å². The number of carbonyl (C=O) groups excluding carboxylic acids is 1. The predicted molar refractivity (Wildman–Crippen MR) is 104 cm³/mol. The van der Waals surface area contributed by atoms with Crippen molar-refractivity contribution in [2.24, 2.45) is 0 Å². The Kier molecular flexibility index (Phi) is 5.24. The normalized spacial score (nSPS) is 13.8. The largest absolute Gasteiger partial charge is 0.573 e. The lowest BCUT2D eigenvalue weighted by atomic mass is 9.85. The number of benzene rings is 2. The molecule has 0 bridgehead atoms. The maximum atomic E-state index is 12.4. The van der Waals surface area contributed by atoms with Gasteiger partial charge in [-0.15, -0.1) is 13.2 Å². The summed E-state index contributed by atoms with van der Waals surface area (Å²) in [5.74, 6) is -0.261. The van der Waals surface area contributed by atoms with Gasteiger partial charge in [0.05, 0.1) is 5.69 Å². The number of anilines is 1. The van der Waals surface area contributed by atoms with Crippen LogP contribution in [0.2, 0.25) is 0 Å². The van der Waals surface area contributed by atoms with Crippen LogP contribution in [0.25, 0.3) is 11.1 Å². The molecule has 1 aliphatic rings. The van der Waals surface area contributed by atoms with E-state index in [9.17, 15) is 18.0 Å². The third-order valence-corrected chi connectivity index (χ3v) is 4.94. The smallest absolute Gasteiger partial charge is 0.406 e. The summed E-state index contributed by atoms with van der Waals surface area (Å²) in [4.78, 5) is 14.3. The van der Waals surface area contributed by atoms with E-state index in [1.165, 1.54) is 17.7 Å². The van der Waals surface area contributed by atoms with Gasteiger partial charge >= 0.3 is 6.36 Å². The molecule has 148 valence electrons. The molecular formula is C22H22F3NO2. The lowest BCUT2D eigenvalue weighted by Gasteiger charge is -2.31. The van der Waals surface area contributed by atoms with Crippen LogP contribution in [0, 0.1) is 6.92 Å². The summed E-state index contributed by atoms with van der Waals surface area (Å²) in [6, 6.07) is 7.81. The summed E-state index contributed by atoms with van der Waals surface area (Å²) in [7, 11) is 1.92. The summed E-state index contributed by atoms with van der Waals surface area (Å²) in [6.07, 6.45) is -1.08. The Morgan fingerprint density at radius 2 is 1.86 bits per heavy atom. The van der Waals surface area contributed by atoms with E-state index in [-0.39, 0.29) is 11.5 Å². The van der Waals surface area contributed by atoms with Crippen molar-refractivity contribution in [3.05, 3.63) is 58.8 Å². The van der Waals surface area contributed by atoms with Crippen LogP contribution in [0.3, 0.4) is 0 Å². The molecule has 0 spiro atoms. The Balaban J connectivity index is 2.14. The number of aryl methyl sites for hydroxylation is 1. The number of carbonyl (C=O) groups is 1. The van der Waals surface area contributed by atoms with Crippen molar-refractivity contribution in [3.63, 3.8) is 0 Å². The zero-order valence-electron chi connectivity index (χ0n) is 16.3. The molecule has 0 saturated heterocycles. The summed E-state index contributed by atoms with van der Waals surface area (Å²) in [5, 5.41) is 0. The Hall–Kier alpha value is -2.76. The van der Waals surface area contributed by atoms with Gasteiger partial charge in [0.15, 0.2) is 5.78 Å². The first-order valence-electron chi connectivity index (χ1n) is 9.06. The molecule has 0 unspecified atom stereocenters. The van der Waals surface area contributed by atoms with E-state index in [1.54, 1.807) is 19.1 Å². The second kappa shape index (κ2) is 7.34. The van der Waals surface area contributed by atoms with Crippen LogP contribution in [0.15, 0.2) is 42.1 Å². The first-order valence-corrected chi connectivity index (χ1v) is 9.06. The van der Waals surface area contributed by atoms with E-state index in [4.69, 9.17) is 0 Å². The molecule has 3 rings (SSSR count). The number of nitrogens with zero attached hydrogens (tertiary/aromatic N) is 1. The van der Waals surface area contributed by atoms with Crippen LogP contribution in [-0.4, -0.2) is 19.2 Å². The summed E-state index contributed by atoms with van der Waals surface area (Å²) in [5.41, 5.74) is 6.35. The monoisotopic (exact) mass is 389 g/mol. The van der Waals surface area contributed by atoms with Crippen molar-refractivity contribution in [3.8, 4) is 16.9 Å². The Morgan fingerprint density at radius 1 is 1.21 bits per heavy atom. The Labute approximate surface area is 162 Å². The van der Waals surface area contributed by atoms with Gasteiger partial charge in [0.2, 0.25) is 0 Å². The van der Waals surface area contributed by atoms with E-state index in [0.717, 1.165) is 34.4 Å². The highest BCUT2D eigenvalue weighted by atomic mass is 19.4. The van der Waals surface area contributed by atoms with Crippen LogP contribution in [0.5, 0.6) is 5.75 Å². The number of Topliss-reactive ketones (excluding diaryl/α,β-unsaturated/α-hetero) is 1. The lowest BCUT2D eigenvalue weighted by Crippen LogP contribution is -2.21. The number of fused-ring (bicyclic) bond motifs is 1. The molecule has 0 amide bonds. The molecule has 0 fully saturated rings. The van der Waals surface area contributed by atoms with Crippen molar-refractivity contribution >= 4 is 11.5 Å². The fraction of sp³-hybridized carbons (Fsp3) is 0.318. The van der Waals surface area contributed by atoms with Gasteiger partial charge in [-0.3, -0.25) is 4.79 Å². The van der Waals surface area contributed by atoms with E-state index in [0.29, 0.717) is 12.0 Å². The minimum Gasteiger partial charge on any atom is -0.406 e. The summed E-state index contributed by atoms with van der Waals surface area (Å²) < 4.78 is 41.2. The third kappa shape index (κ3) is 3.91. The molecule has 2 aromatic carbocycles. The molecule has 0 radical (unpaired) electrons. The highest BCUT2D eigenvalue weighted by Gasteiger charge is 2.31.